The van der Waals surface area contributed by atoms with Crippen LogP contribution in [0.1, 0.15) is 49.9 Å². The number of nitrogens with one attached hydrogen (secondary N) is 2. The Labute approximate surface area is 184 Å². The molecule has 1 atom stereocenters. The number of hydrogen-bond donors (Lipinski definition) is 2. The Hall–Kier alpha value is -2.86. The zero-order chi connectivity index (χ0) is 21.6. The molecule has 6 heteroatoms. The molecule has 0 radical (unpaired) electrons. The van der Waals surface area contributed by atoms with E-state index in [9.17, 15) is 4.79 Å². The summed E-state index contributed by atoms with van der Waals surface area (Å²) in [5.41, 5.74) is 3.44. The molecule has 31 heavy (non-hydrogen) atoms. The molecule has 1 aliphatic rings. The Balaban J connectivity index is 1.45. The zero-order valence-corrected chi connectivity index (χ0v) is 18.5. The van der Waals surface area contributed by atoms with Gasteiger partial charge < -0.3 is 15.0 Å². The minimum atomic E-state index is -0.0614. The van der Waals surface area contributed by atoms with Crippen LogP contribution in [0.4, 0.5) is 0 Å². The monoisotopic (exact) mass is 420 g/mol. The normalized spacial score (nSPS) is 17.0. The molecule has 6 nitrogen and oxygen atoms in total. The second-order valence-electron chi connectivity index (χ2n) is 8.31. The van der Waals surface area contributed by atoms with Gasteiger partial charge in [0.15, 0.2) is 0 Å². The van der Waals surface area contributed by atoms with Gasteiger partial charge in [0.05, 0.1) is 23.9 Å². The van der Waals surface area contributed by atoms with E-state index in [2.05, 4.69) is 33.4 Å². The first-order valence-electron chi connectivity index (χ1n) is 11.4. The summed E-state index contributed by atoms with van der Waals surface area (Å²) in [7, 11) is 0. The van der Waals surface area contributed by atoms with Gasteiger partial charge in [-0.15, -0.1) is 0 Å². The molecule has 1 aliphatic heterocycles. The molecule has 2 N–H and O–H groups in total. The van der Waals surface area contributed by atoms with Crippen molar-refractivity contribution in [2.24, 2.45) is 0 Å². The number of benzene rings is 2. The van der Waals surface area contributed by atoms with Crippen LogP contribution in [0.2, 0.25) is 0 Å². The van der Waals surface area contributed by atoms with Crippen LogP contribution in [0.3, 0.4) is 0 Å². The van der Waals surface area contributed by atoms with E-state index in [-0.39, 0.29) is 5.91 Å². The summed E-state index contributed by atoms with van der Waals surface area (Å²) in [5, 5.41) is 11.2. The van der Waals surface area contributed by atoms with Crippen LogP contribution >= 0.6 is 0 Å². The number of aromatic amines is 1. The van der Waals surface area contributed by atoms with E-state index in [1.54, 1.807) is 6.20 Å². The Bertz CT molecular complexity index is 1010. The van der Waals surface area contributed by atoms with Gasteiger partial charge in [-0.1, -0.05) is 18.6 Å². The van der Waals surface area contributed by atoms with Crippen molar-refractivity contribution in [3.05, 3.63) is 48.2 Å². The van der Waals surface area contributed by atoms with Gasteiger partial charge in [-0.25, -0.2) is 0 Å². The van der Waals surface area contributed by atoms with Gasteiger partial charge in [-0.2, -0.15) is 5.10 Å². The number of likely N-dealkylation sites (tertiary alicyclic amines) is 1. The quantitative estimate of drug-likeness (QED) is 0.522. The lowest BCUT2D eigenvalue weighted by atomic mass is 10.00. The van der Waals surface area contributed by atoms with E-state index < -0.39 is 0 Å². The smallest absolute Gasteiger partial charge is 0.253 e. The largest absolute Gasteiger partial charge is 0.494 e. The van der Waals surface area contributed by atoms with Crippen LogP contribution in [-0.4, -0.2) is 53.3 Å². The minimum Gasteiger partial charge on any atom is -0.494 e. The number of piperidine rings is 1. The summed E-state index contributed by atoms with van der Waals surface area (Å²) in [5.74, 6) is 0.783. The predicted molar refractivity (Wildman–Crippen MR) is 125 cm³/mol. The van der Waals surface area contributed by atoms with Crippen LogP contribution in [0.25, 0.3) is 22.0 Å². The molecule has 0 bridgehead atoms. The third kappa shape index (κ3) is 5.07. The lowest BCUT2D eigenvalue weighted by Crippen LogP contribution is -2.39. The van der Waals surface area contributed by atoms with E-state index in [1.165, 1.54) is 25.8 Å². The summed E-state index contributed by atoms with van der Waals surface area (Å²) < 4.78 is 5.54. The maximum absolute atomic E-state index is 13.0. The van der Waals surface area contributed by atoms with E-state index >= 15 is 0 Å². The number of carbonyl (C=O) groups excluding carboxylic acids is 1. The lowest BCUT2D eigenvalue weighted by molar-refractivity contribution is 0.0950. The first-order chi connectivity index (χ1) is 15.2. The van der Waals surface area contributed by atoms with Crippen LogP contribution in [0.5, 0.6) is 5.75 Å². The van der Waals surface area contributed by atoms with Crippen molar-refractivity contribution in [3.63, 3.8) is 0 Å². The second-order valence-corrected chi connectivity index (χ2v) is 8.31. The molecule has 2 heterocycles. The van der Waals surface area contributed by atoms with Gasteiger partial charge >= 0.3 is 0 Å². The summed E-state index contributed by atoms with van der Waals surface area (Å²) >= 11 is 0. The number of aromatic nitrogens is 2. The highest BCUT2D eigenvalue weighted by molar-refractivity contribution is 6.07. The maximum atomic E-state index is 13.0. The third-order valence-electron chi connectivity index (χ3n) is 6.14. The number of H-pyrrole nitrogens is 1. The highest BCUT2D eigenvalue weighted by Gasteiger charge is 2.18. The van der Waals surface area contributed by atoms with Crippen LogP contribution < -0.4 is 10.1 Å². The standard InChI is InChI=1S/C25H32N4O2/c1-3-31-22-10-8-19(9-11-22)20-15-21-17-27-28-24(21)23(16-20)25(30)26-12-6-14-29-13-5-4-7-18(29)2/h8-11,15-18H,3-7,12-14H2,1-2H3,(H,26,30)(H,27,28). The fourth-order valence-electron chi connectivity index (χ4n) is 4.38. The van der Waals surface area contributed by atoms with Crippen LogP contribution in [0.15, 0.2) is 42.6 Å². The SMILES string of the molecule is CCOc1ccc(-c2cc(C(=O)NCCCN3CCCCC3C)c3[nH]ncc3c2)cc1. The Morgan fingerprint density at radius 3 is 2.84 bits per heavy atom. The summed E-state index contributed by atoms with van der Waals surface area (Å²) in [6.45, 7) is 7.80. The number of fused-ring (bicyclic) bond motifs is 1. The number of hydrogen-bond acceptors (Lipinski definition) is 4. The molecule has 1 saturated heterocycles. The van der Waals surface area contributed by atoms with E-state index in [0.717, 1.165) is 40.7 Å². The average Bonchev–Trinajstić information content (AvgIpc) is 3.26. The highest BCUT2D eigenvalue weighted by Crippen LogP contribution is 2.28. The van der Waals surface area contributed by atoms with Crippen molar-refractivity contribution in [2.75, 3.05) is 26.2 Å². The van der Waals surface area contributed by atoms with Gasteiger partial charge in [0.25, 0.3) is 5.91 Å². The fourth-order valence-corrected chi connectivity index (χ4v) is 4.38. The topological polar surface area (TPSA) is 70.2 Å². The molecule has 0 aliphatic carbocycles. The van der Waals surface area contributed by atoms with Gasteiger partial charge in [-0.3, -0.25) is 9.89 Å². The van der Waals surface area contributed by atoms with Crippen LogP contribution in [-0.2, 0) is 0 Å². The average molecular weight is 421 g/mol. The molecule has 2 aromatic carbocycles. The Morgan fingerprint density at radius 2 is 2.06 bits per heavy atom. The first kappa shape index (κ1) is 21.4. The van der Waals surface area contributed by atoms with Crippen molar-refractivity contribution in [3.8, 4) is 16.9 Å². The molecule has 1 amide bonds. The summed E-state index contributed by atoms with van der Waals surface area (Å²) in [6, 6.07) is 12.6. The molecule has 1 unspecified atom stereocenters. The second kappa shape index (κ2) is 9.96. The van der Waals surface area contributed by atoms with Gasteiger partial charge in [0.1, 0.15) is 5.75 Å². The van der Waals surface area contributed by atoms with Gasteiger partial charge in [0.2, 0.25) is 0 Å². The first-order valence-corrected chi connectivity index (χ1v) is 11.4. The molecule has 0 spiro atoms. The molecule has 1 aromatic heterocycles. The van der Waals surface area contributed by atoms with Crippen molar-refractivity contribution >= 4 is 16.8 Å². The number of amides is 1. The minimum absolute atomic E-state index is 0.0614. The summed E-state index contributed by atoms with van der Waals surface area (Å²) in [6.07, 6.45) is 6.62. The number of rotatable bonds is 8. The molecule has 3 aromatic rings. The molecule has 1 fully saturated rings. The third-order valence-corrected chi connectivity index (χ3v) is 6.14. The fraction of sp³-hybridized carbons (Fsp3) is 0.440. The van der Waals surface area contributed by atoms with Gasteiger partial charge in [0, 0.05) is 24.5 Å². The highest BCUT2D eigenvalue weighted by atomic mass is 16.5. The molecular formula is C25H32N4O2. The maximum Gasteiger partial charge on any atom is 0.253 e. The predicted octanol–water partition coefficient (Wildman–Crippen LogP) is 4.62. The zero-order valence-electron chi connectivity index (χ0n) is 18.5. The van der Waals surface area contributed by atoms with E-state index in [4.69, 9.17) is 4.74 Å². The van der Waals surface area contributed by atoms with Crippen molar-refractivity contribution < 1.29 is 9.53 Å². The summed E-state index contributed by atoms with van der Waals surface area (Å²) in [4.78, 5) is 15.5. The Kier molecular flexibility index (Phi) is 6.87. The van der Waals surface area contributed by atoms with Gasteiger partial charge in [-0.05, 0) is 75.0 Å². The van der Waals surface area contributed by atoms with Crippen LogP contribution in [0, 0.1) is 0 Å². The van der Waals surface area contributed by atoms with Crippen molar-refractivity contribution in [2.45, 2.75) is 45.6 Å². The molecule has 0 saturated carbocycles. The number of ether oxygens (including phenoxy) is 1. The lowest BCUT2D eigenvalue weighted by Gasteiger charge is -2.33. The molecular weight excluding hydrogens is 388 g/mol. The molecule has 164 valence electrons. The Morgan fingerprint density at radius 1 is 1.23 bits per heavy atom. The van der Waals surface area contributed by atoms with Crippen molar-refractivity contribution in [1.29, 1.82) is 0 Å². The molecule has 4 rings (SSSR count). The van der Waals surface area contributed by atoms with E-state index in [1.807, 2.05) is 37.3 Å². The number of nitrogens with zero attached hydrogens (tertiary/aromatic N) is 2. The van der Waals surface area contributed by atoms with E-state index in [0.29, 0.717) is 24.8 Å². The van der Waals surface area contributed by atoms with Crippen molar-refractivity contribution in [1.82, 2.24) is 20.4 Å². The number of carbonyl (C=O) groups is 1.